The summed E-state index contributed by atoms with van der Waals surface area (Å²) in [5.74, 6) is 1.95. The third-order valence-electron chi connectivity index (χ3n) is 9.14. The zero-order chi connectivity index (χ0) is 31.9. The predicted octanol–water partition coefficient (Wildman–Crippen LogP) is 11.7. The molecule has 9 rings (SSSR count). The average Bonchev–Trinajstić information content (AvgIpc) is 3.17. The summed E-state index contributed by atoms with van der Waals surface area (Å²) in [5, 5.41) is 6.98. The standard InChI is InChI=1S/C45H29N3/c1-3-14-31(15-4-1)35-21-11-23-40-38(35)22-12-24-41(40)44-46-43(32-16-5-2-6-17-32)47-45(48-44)42-28-27-36(37-19-9-10-20-39(37)42)34-26-25-30-13-7-8-18-33(30)29-34/h1-29H. The topological polar surface area (TPSA) is 38.7 Å². The van der Waals surface area contributed by atoms with Gasteiger partial charge in [0, 0.05) is 16.7 Å². The second kappa shape index (κ2) is 11.7. The maximum Gasteiger partial charge on any atom is 0.164 e. The largest absolute Gasteiger partial charge is 0.208 e. The Morgan fingerprint density at radius 3 is 1.40 bits per heavy atom. The smallest absolute Gasteiger partial charge is 0.164 e. The Balaban J connectivity index is 1.26. The summed E-state index contributed by atoms with van der Waals surface area (Å²) in [6.45, 7) is 0. The van der Waals surface area contributed by atoms with Crippen molar-refractivity contribution in [3.8, 4) is 56.4 Å². The van der Waals surface area contributed by atoms with Crippen molar-refractivity contribution in [2.24, 2.45) is 0 Å². The first-order valence-electron chi connectivity index (χ1n) is 16.2. The minimum atomic E-state index is 0.648. The van der Waals surface area contributed by atoms with Crippen LogP contribution in [-0.4, -0.2) is 15.0 Å². The minimum Gasteiger partial charge on any atom is -0.208 e. The van der Waals surface area contributed by atoms with Gasteiger partial charge < -0.3 is 0 Å². The van der Waals surface area contributed by atoms with Crippen molar-refractivity contribution >= 4 is 32.3 Å². The van der Waals surface area contributed by atoms with E-state index in [1.807, 2.05) is 18.2 Å². The van der Waals surface area contributed by atoms with Crippen molar-refractivity contribution in [3.05, 3.63) is 176 Å². The molecule has 3 nitrogen and oxygen atoms in total. The van der Waals surface area contributed by atoms with E-state index >= 15 is 0 Å². The zero-order valence-electron chi connectivity index (χ0n) is 26.1. The highest BCUT2D eigenvalue weighted by molar-refractivity contribution is 6.06. The summed E-state index contributed by atoms with van der Waals surface area (Å²) < 4.78 is 0. The van der Waals surface area contributed by atoms with Crippen LogP contribution in [0.5, 0.6) is 0 Å². The number of hydrogen-bond acceptors (Lipinski definition) is 3. The molecule has 0 aliphatic heterocycles. The molecule has 0 aliphatic rings. The van der Waals surface area contributed by atoms with Crippen LogP contribution in [0.2, 0.25) is 0 Å². The zero-order valence-corrected chi connectivity index (χ0v) is 26.1. The fourth-order valence-electron chi connectivity index (χ4n) is 6.81. The lowest BCUT2D eigenvalue weighted by Gasteiger charge is -2.14. The van der Waals surface area contributed by atoms with Crippen molar-refractivity contribution in [2.45, 2.75) is 0 Å². The molecule has 0 atom stereocenters. The molecule has 0 spiro atoms. The first-order valence-corrected chi connectivity index (χ1v) is 16.2. The molecule has 8 aromatic carbocycles. The highest BCUT2D eigenvalue weighted by Gasteiger charge is 2.18. The maximum atomic E-state index is 5.22. The van der Waals surface area contributed by atoms with Crippen LogP contribution in [0.3, 0.4) is 0 Å². The van der Waals surface area contributed by atoms with E-state index in [2.05, 4.69) is 158 Å². The average molecular weight is 612 g/mol. The van der Waals surface area contributed by atoms with Gasteiger partial charge >= 0.3 is 0 Å². The van der Waals surface area contributed by atoms with Crippen LogP contribution in [0.15, 0.2) is 176 Å². The van der Waals surface area contributed by atoms with E-state index in [0.29, 0.717) is 17.5 Å². The van der Waals surface area contributed by atoms with Crippen LogP contribution in [0.25, 0.3) is 88.7 Å². The van der Waals surface area contributed by atoms with Crippen molar-refractivity contribution in [3.63, 3.8) is 0 Å². The molecule has 48 heavy (non-hydrogen) atoms. The van der Waals surface area contributed by atoms with E-state index in [1.165, 1.54) is 33.0 Å². The Morgan fingerprint density at radius 1 is 0.250 bits per heavy atom. The highest BCUT2D eigenvalue weighted by atomic mass is 15.0. The third-order valence-corrected chi connectivity index (χ3v) is 9.14. The highest BCUT2D eigenvalue weighted by Crippen LogP contribution is 2.38. The molecule has 0 amide bonds. The van der Waals surface area contributed by atoms with Gasteiger partial charge in [-0.25, -0.2) is 15.0 Å². The summed E-state index contributed by atoms with van der Waals surface area (Å²) in [4.78, 5) is 15.4. The molecule has 0 unspecified atom stereocenters. The number of aromatic nitrogens is 3. The quantitative estimate of drug-likeness (QED) is 0.194. The van der Waals surface area contributed by atoms with Gasteiger partial charge in [0.1, 0.15) is 0 Å². The first kappa shape index (κ1) is 27.8. The number of hydrogen-bond donors (Lipinski definition) is 0. The molecular weight excluding hydrogens is 583 g/mol. The summed E-state index contributed by atoms with van der Waals surface area (Å²) in [6, 6.07) is 61.7. The first-order chi connectivity index (χ1) is 23.8. The summed E-state index contributed by atoms with van der Waals surface area (Å²) >= 11 is 0. The van der Waals surface area contributed by atoms with Gasteiger partial charge in [0.15, 0.2) is 17.5 Å². The molecule has 0 saturated carbocycles. The molecule has 0 fully saturated rings. The lowest BCUT2D eigenvalue weighted by atomic mass is 9.93. The van der Waals surface area contributed by atoms with E-state index < -0.39 is 0 Å². The van der Waals surface area contributed by atoms with Gasteiger partial charge in [0.05, 0.1) is 0 Å². The van der Waals surface area contributed by atoms with Crippen molar-refractivity contribution in [2.75, 3.05) is 0 Å². The van der Waals surface area contributed by atoms with Crippen molar-refractivity contribution in [1.82, 2.24) is 15.0 Å². The fourth-order valence-corrected chi connectivity index (χ4v) is 6.81. The second-order valence-corrected chi connectivity index (χ2v) is 12.0. The molecule has 0 saturated heterocycles. The molecule has 0 radical (unpaired) electrons. The van der Waals surface area contributed by atoms with E-state index in [0.717, 1.165) is 38.2 Å². The van der Waals surface area contributed by atoms with Crippen LogP contribution in [-0.2, 0) is 0 Å². The molecule has 224 valence electrons. The lowest BCUT2D eigenvalue weighted by molar-refractivity contribution is 1.08. The molecule has 0 bridgehead atoms. The predicted molar refractivity (Wildman–Crippen MR) is 200 cm³/mol. The number of rotatable bonds is 5. The normalized spacial score (nSPS) is 11.3. The SMILES string of the molecule is c1ccc(-c2nc(-c3cccc4c(-c5ccccc5)cccc34)nc(-c3ccc(-c4ccc5ccccc5c4)c4ccccc34)n2)cc1. The van der Waals surface area contributed by atoms with E-state index in [-0.39, 0.29) is 0 Å². The minimum absolute atomic E-state index is 0.648. The molecule has 9 aromatic rings. The summed E-state index contributed by atoms with van der Waals surface area (Å²) in [7, 11) is 0. The molecule has 1 heterocycles. The van der Waals surface area contributed by atoms with Gasteiger partial charge in [-0.05, 0) is 66.7 Å². The number of fused-ring (bicyclic) bond motifs is 3. The Bertz CT molecular complexity index is 2610. The van der Waals surface area contributed by atoms with Gasteiger partial charge in [0.2, 0.25) is 0 Å². The maximum absolute atomic E-state index is 5.22. The summed E-state index contributed by atoms with van der Waals surface area (Å²) in [6.07, 6.45) is 0. The molecule has 0 N–H and O–H groups in total. The number of benzene rings is 8. The number of nitrogens with zero attached hydrogens (tertiary/aromatic N) is 3. The monoisotopic (exact) mass is 611 g/mol. The van der Waals surface area contributed by atoms with Gasteiger partial charge in [0.25, 0.3) is 0 Å². The molecular formula is C45H29N3. The van der Waals surface area contributed by atoms with E-state index in [4.69, 9.17) is 15.0 Å². The molecule has 3 heteroatoms. The van der Waals surface area contributed by atoms with Gasteiger partial charge in [-0.3, -0.25) is 0 Å². The van der Waals surface area contributed by atoms with Gasteiger partial charge in [-0.2, -0.15) is 0 Å². The lowest BCUT2D eigenvalue weighted by Crippen LogP contribution is -2.01. The van der Waals surface area contributed by atoms with Crippen LogP contribution in [0.1, 0.15) is 0 Å². The second-order valence-electron chi connectivity index (χ2n) is 12.0. The van der Waals surface area contributed by atoms with E-state index in [9.17, 15) is 0 Å². The fraction of sp³-hybridized carbons (Fsp3) is 0. The third kappa shape index (κ3) is 4.90. The van der Waals surface area contributed by atoms with Crippen LogP contribution >= 0.6 is 0 Å². The van der Waals surface area contributed by atoms with Gasteiger partial charge in [-0.15, -0.1) is 0 Å². The Hall–Kier alpha value is -6.45. The Kier molecular flexibility index (Phi) is 6.80. The van der Waals surface area contributed by atoms with Crippen LogP contribution < -0.4 is 0 Å². The molecule has 1 aromatic heterocycles. The Morgan fingerprint density at radius 2 is 0.708 bits per heavy atom. The van der Waals surface area contributed by atoms with E-state index in [1.54, 1.807) is 0 Å². The van der Waals surface area contributed by atoms with Crippen molar-refractivity contribution < 1.29 is 0 Å². The summed E-state index contributed by atoms with van der Waals surface area (Å²) in [5.41, 5.74) is 7.62. The molecule has 0 aliphatic carbocycles. The Labute approximate surface area is 278 Å². The van der Waals surface area contributed by atoms with Crippen molar-refractivity contribution in [1.29, 1.82) is 0 Å². The van der Waals surface area contributed by atoms with Gasteiger partial charge in [-0.1, -0.05) is 164 Å². The van der Waals surface area contributed by atoms with Crippen LogP contribution in [0.4, 0.5) is 0 Å². The van der Waals surface area contributed by atoms with Crippen LogP contribution in [0, 0.1) is 0 Å².